The van der Waals surface area contributed by atoms with Crippen LogP contribution in [0.4, 0.5) is 0 Å². The minimum atomic E-state index is 0.119. The summed E-state index contributed by atoms with van der Waals surface area (Å²) < 4.78 is 0. The maximum atomic E-state index is 6.17. The molecule has 1 atom stereocenters. The van der Waals surface area contributed by atoms with Gasteiger partial charge in [0.25, 0.3) is 0 Å². The van der Waals surface area contributed by atoms with Gasteiger partial charge in [-0.2, -0.15) is 0 Å². The Hall–Kier alpha value is -0.860. The monoisotopic (exact) mass is 206 g/mol. The second-order valence-electron chi connectivity index (χ2n) is 4.38. The first-order valence-electron chi connectivity index (χ1n) is 5.55. The zero-order chi connectivity index (χ0) is 11.4. The van der Waals surface area contributed by atoms with E-state index in [0.717, 1.165) is 13.1 Å². The summed E-state index contributed by atoms with van der Waals surface area (Å²) in [4.78, 5) is 2.24. The molecule has 0 saturated carbocycles. The lowest BCUT2D eigenvalue weighted by Gasteiger charge is -2.20. The van der Waals surface area contributed by atoms with E-state index in [1.54, 1.807) is 0 Å². The SMILES string of the molecule is CCN(C)CC(N)c1cc(C)cc(C)c1. The zero-order valence-corrected chi connectivity index (χ0v) is 10.2. The Morgan fingerprint density at radius 2 is 1.73 bits per heavy atom. The lowest BCUT2D eigenvalue weighted by Crippen LogP contribution is -2.28. The second-order valence-corrected chi connectivity index (χ2v) is 4.38. The van der Waals surface area contributed by atoms with Crippen LogP contribution in [0.2, 0.25) is 0 Å². The first kappa shape index (κ1) is 12.2. The number of nitrogens with zero attached hydrogens (tertiary/aromatic N) is 1. The molecule has 0 radical (unpaired) electrons. The molecule has 0 heterocycles. The molecule has 2 heteroatoms. The van der Waals surface area contributed by atoms with Crippen molar-refractivity contribution in [1.82, 2.24) is 4.90 Å². The van der Waals surface area contributed by atoms with E-state index < -0.39 is 0 Å². The lowest BCUT2D eigenvalue weighted by atomic mass is 10.0. The van der Waals surface area contributed by atoms with E-state index in [9.17, 15) is 0 Å². The van der Waals surface area contributed by atoms with Crippen molar-refractivity contribution in [1.29, 1.82) is 0 Å². The van der Waals surface area contributed by atoms with Gasteiger partial charge in [-0.3, -0.25) is 0 Å². The lowest BCUT2D eigenvalue weighted by molar-refractivity contribution is 0.329. The molecule has 0 fully saturated rings. The topological polar surface area (TPSA) is 29.3 Å². The zero-order valence-electron chi connectivity index (χ0n) is 10.2. The van der Waals surface area contributed by atoms with Gasteiger partial charge in [0.1, 0.15) is 0 Å². The number of benzene rings is 1. The summed E-state index contributed by atoms with van der Waals surface area (Å²) in [5, 5.41) is 0. The van der Waals surface area contributed by atoms with E-state index in [1.165, 1.54) is 16.7 Å². The third-order valence-corrected chi connectivity index (χ3v) is 2.72. The number of rotatable bonds is 4. The number of hydrogen-bond donors (Lipinski definition) is 1. The van der Waals surface area contributed by atoms with Gasteiger partial charge in [-0.05, 0) is 33.0 Å². The van der Waals surface area contributed by atoms with Gasteiger partial charge in [0, 0.05) is 12.6 Å². The minimum absolute atomic E-state index is 0.119. The molecule has 0 aromatic heterocycles. The second kappa shape index (κ2) is 5.29. The minimum Gasteiger partial charge on any atom is -0.323 e. The van der Waals surface area contributed by atoms with Gasteiger partial charge in [-0.25, -0.2) is 0 Å². The van der Waals surface area contributed by atoms with Crippen LogP contribution >= 0.6 is 0 Å². The summed E-state index contributed by atoms with van der Waals surface area (Å²) in [5.41, 5.74) is 9.99. The molecule has 0 aliphatic carbocycles. The summed E-state index contributed by atoms with van der Waals surface area (Å²) in [6.45, 7) is 8.34. The van der Waals surface area contributed by atoms with Crippen molar-refractivity contribution >= 4 is 0 Å². The third-order valence-electron chi connectivity index (χ3n) is 2.72. The highest BCUT2D eigenvalue weighted by Crippen LogP contribution is 2.15. The Kier molecular flexibility index (Phi) is 4.30. The number of aryl methyl sites for hydroxylation is 2. The van der Waals surface area contributed by atoms with Crippen LogP contribution in [0.5, 0.6) is 0 Å². The predicted molar refractivity (Wildman–Crippen MR) is 66.0 cm³/mol. The van der Waals surface area contributed by atoms with Crippen molar-refractivity contribution < 1.29 is 0 Å². The van der Waals surface area contributed by atoms with Crippen molar-refractivity contribution in [2.24, 2.45) is 5.73 Å². The normalized spacial score (nSPS) is 13.2. The van der Waals surface area contributed by atoms with Crippen LogP contribution in [0.25, 0.3) is 0 Å². The first-order chi connectivity index (χ1) is 7.02. The van der Waals surface area contributed by atoms with Crippen molar-refractivity contribution in [3.8, 4) is 0 Å². The Bertz CT molecular complexity index is 300. The van der Waals surface area contributed by atoms with Crippen molar-refractivity contribution in [2.75, 3.05) is 20.1 Å². The van der Waals surface area contributed by atoms with Gasteiger partial charge in [0.05, 0.1) is 0 Å². The largest absolute Gasteiger partial charge is 0.323 e. The van der Waals surface area contributed by atoms with Gasteiger partial charge in [0.2, 0.25) is 0 Å². The molecule has 0 bridgehead atoms. The van der Waals surface area contributed by atoms with Gasteiger partial charge in [-0.1, -0.05) is 36.2 Å². The van der Waals surface area contributed by atoms with E-state index in [2.05, 4.69) is 50.9 Å². The fourth-order valence-electron chi connectivity index (χ4n) is 1.79. The maximum Gasteiger partial charge on any atom is 0.0424 e. The number of likely N-dealkylation sites (N-methyl/N-ethyl adjacent to an activating group) is 1. The highest BCUT2D eigenvalue weighted by atomic mass is 15.1. The van der Waals surface area contributed by atoms with Gasteiger partial charge in [0.15, 0.2) is 0 Å². The average Bonchev–Trinajstić information content (AvgIpc) is 2.16. The molecule has 2 N–H and O–H groups in total. The van der Waals surface area contributed by atoms with E-state index in [0.29, 0.717) is 0 Å². The molecule has 0 saturated heterocycles. The van der Waals surface area contributed by atoms with Crippen molar-refractivity contribution in [3.63, 3.8) is 0 Å². The number of nitrogens with two attached hydrogens (primary N) is 1. The van der Waals surface area contributed by atoms with E-state index in [4.69, 9.17) is 5.73 Å². The molecule has 0 spiro atoms. The Labute approximate surface area is 93.1 Å². The van der Waals surface area contributed by atoms with E-state index in [1.807, 2.05) is 0 Å². The molecule has 2 nitrogen and oxygen atoms in total. The fraction of sp³-hybridized carbons (Fsp3) is 0.538. The van der Waals surface area contributed by atoms with Crippen LogP contribution < -0.4 is 5.73 Å². The molecular weight excluding hydrogens is 184 g/mol. The highest BCUT2D eigenvalue weighted by molar-refractivity contribution is 5.30. The Morgan fingerprint density at radius 1 is 1.20 bits per heavy atom. The summed E-state index contributed by atoms with van der Waals surface area (Å²) in [5.74, 6) is 0. The summed E-state index contributed by atoms with van der Waals surface area (Å²) in [6.07, 6.45) is 0. The molecule has 0 amide bonds. The smallest absolute Gasteiger partial charge is 0.0424 e. The predicted octanol–water partition coefficient (Wildman–Crippen LogP) is 2.25. The summed E-state index contributed by atoms with van der Waals surface area (Å²) in [6, 6.07) is 6.66. The van der Waals surface area contributed by atoms with Crippen LogP contribution in [0, 0.1) is 13.8 Å². The van der Waals surface area contributed by atoms with Crippen molar-refractivity contribution in [2.45, 2.75) is 26.8 Å². The van der Waals surface area contributed by atoms with Crippen LogP contribution in [-0.2, 0) is 0 Å². The van der Waals surface area contributed by atoms with Gasteiger partial charge in [-0.15, -0.1) is 0 Å². The van der Waals surface area contributed by atoms with Crippen molar-refractivity contribution in [3.05, 3.63) is 34.9 Å². The fourth-order valence-corrected chi connectivity index (χ4v) is 1.79. The summed E-state index contributed by atoms with van der Waals surface area (Å²) in [7, 11) is 2.10. The first-order valence-corrected chi connectivity index (χ1v) is 5.55. The maximum absolute atomic E-state index is 6.17. The molecule has 1 aromatic carbocycles. The average molecular weight is 206 g/mol. The third kappa shape index (κ3) is 3.65. The Balaban J connectivity index is 2.77. The molecule has 1 rings (SSSR count). The molecular formula is C13H22N2. The Morgan fingerprint density at radius 3 is 2.20 bits per heavy atom. The number of hydrogen-bond acceptors (Lipinski definition) is 2. The molecule has 15 heavy (non-hydrogen) atoms. The van der Waals surface area contributed by atoms with Crippen LogP contribution in [0.1, 0.15) is 29.7 Å². The highest BCUT2D eigenvalue weighted by Gasteiger charge is 2.08. The quantitative estimate of drug-likeness (QED) is 0.818. The standard InChI is InChI=1S/C13H22N2/c1-5-15(4)9-13(14)12-7-10(2)6-11(3)8-12/h6-8,13H,5,9,14H2,1-4H3. The van der Waals surface area contributed by atoms with Gasteiger partial charge < -0.3 is 10.6 Å². The van der Waals surface area contributed by atoms with Crippen LogP contribution in [0.3, 0.4) is 0 Å². The molecule has 1 unspecified atom stereocenters. The molecule has 0 aliphatic heterocycles. The molecule has 84 valence electrons. The molecule has 0 aliphatic rings. The van der Waals surface area contributed by atoms with E-state index in [-0.39, 0.29) is 6.04 Å². The van der Waals surface area contributed by atoms with Gasteiger partial charge >= 0.3 is 0 Å². The summed E-state index contributed by atoms with van der Waals surface area (Å²) >= 11 is 0. The van der Waals surface area contributed by atoms with Crippen LogP contribution in [0.15, 0.2) is 18.2 Å². The molecule has 1 aromatic rings. The van der Waals surface area contributed by atoms with E-state index >= 15 is 0 Å². The van der Waals surface area contributed by atoms with Crippen LogP contribution in [-0.4, -0.2) is 25.0 Å².